The van der Waals surface area contributed by atoms with E-state index in [2.05, 4.69) is 4.90 Å². The summed E-state index contributed by atoms with van der Waals surface area (Å²) >= 11 is 0. The van der Waals surface area contributed by atoms with Crippen LogP contribution in [0.25, 0.3) is 0 Å². The second-order valence-electron chi connectivity index (χ2n) is 5.24. The Morgan fingerprint density at radius 2 is 2.25 bits per heavy atom. The summed E-state index contributed by atoms with van der Waals surface area (Å²) in [6.07, 6.45) is 2.49. The molecule has 0 aliphatic carbocycles. The normalized spacial score (nSPS) is 15.1. The van der Waals surface area contributed by atoms with Crippen molar-refractivity contribution >= 4 is 5.97 Å². The highest BCUT2D eigenvalue weighted by atomic mass is 16.4. The van der Waals surface area contributed by atoms with E-state index in [1.54, 1.807) is 12.3 Å². The zero-order valence-electron chi connectivity index (χ0n) is 11.4. The lowest BCUT2D eigenvalue weighted by Gasteiger charge is -2.29. The molecule has 0 atom stereocenters. The summed E-state index contributed by atoms with van der Waals surface area (Å²) in [5.74, 6) is 0.153. The number of nitrogens with zero attached hydrogens (tertiary/aromatic N) is 1. The Morgan fingerprint density at radius 1 is 1.40 bits per heavy atom. The summed E-state index contributed by atoms with van der Waals surface area (Å²) in [6, 6.07) is 7.50. The number of rotatable bonds is 3. The Bertz CT molecular complexity index is 645. The fraction of sp³-hybridized carbons (Fsp3) is 0.312. The smallest absolute Gasteiger partial charge is 0.335 e. The molecule has 4 nitrogen and oxygen atoms in total. The number of fused-ring (bicyclic) bond motifs is 1. The fourth-order valence-corrected chi connectivity index (χ4v) is 2.77. The maximum atomic E-state index is 11.2. The molecule has 104 valence electrons. The van der Waals surface area contributed by atoms with Crippen LogP contribution in [0.4, 0.5) is 0 Å². The van der Waals surface area contributed by atoms with E-state index >= 15 is 0 Å². The summed E-state index contributed by atoms with van der Waals surface area (Å²) in [7, 11) is 0. The summed E-state index contributed by atoms with van der Waals surface area (Å²) in [4.78, 5) is 13.5. The summed E-state index contributed by atoms with van der Waals surface area (Å²) in [5, 5.41) is 9.22. The van der Waals surface area contributed by atoms with E-state index in [1.165, 1.54) is 0 Å². The minimum absolute atomic E-state index is 0.441. The first-order valence-electron chi connectivity index (χ1n) is 6.74. The lowest BCUT2D eigenvalue weighted by atomic mass is 9.94. The standard InChI is InChI=1S/C16H17NO3/c1-11-6-8-20-15(11)10-17-7-5-13-12(9-17)3-2-4-14(13)16(18)19/h2-4,6,8H,5,7,9-10H2,1H3,(H,18,19). The highest BCUT2D eigenvalue weighted by Gasteiger charge is 2.22. The van der Waals surface area contributed by atoms with Crippen LogP contribution in [0.3, 0.4) is 0 Å². The number of carboxylic acids is 1. The van der Waals surface area contributed by atoms with Crippen LogP contribution in [0.15, 0.2) is 34.9 Å². The first-order valence-corrected chi connectivity index (χ1v) is 6.74. The van der Waals surface area contributed by atoms with Crippen LogP contribution >= 0.6 is 0 Å². The quantitative estimate of drug-likeness (QED) is 0.932. The molecular formula is C16H17NO3. The van der Waals surface area contributed by atoms with Gasteiger partial charge in [-0.3, -0.25) is 4.90 Å². The van der Waals surface area contributed by atoms with Crippen molar-refractivity contribution in [2.75, 3.05) is 6.54 Å². The van der Waals surface area contributed by atoms with Crippen LogP contribution in [0, 0.1) is 6.92 Å². The SMILES string of the molecule is Cc1ccoc1CN1CCc2c(cccc2C(=O)O)C1. The molecule has 20 heavy (non-hydrogen) atoms. The number of benzene rings is 1. The van der Waals surface area contributed by atoms with Gasteiger partial charge in [-0.15, -0.1) is 0 Å². The second-order valence-corrected chi connectivity index (χ2v) is 5.24. The molecule has 1 aromatic heterocycles. The molecule has 1 aliphatic rings. The van der Waals surface area contributed by atoms with Gasteiger partial charge in [-0.25, -0.2) is 4.79 Å². The molecule has 0 bridgehead atoms. The maximum Gasteiger partial charge on any atom is 0.335 e. The third kappa shape index (κ3) is 2.34. The number of hydrogen-bond acceptors (Lipinski definition) is 3. The summed E-state index contributed by atoms with van der Waals surface area (Å²) in [6.45, 7) is 4.45. The highest BCUT2D eigenvalue weighted by Crippen LogP contribution is 2.24. The van der Waals surface area contributed by atoms with Crippen LogP contribution in [0.1, 0.15) is 32.8 Å². The van der Waals surface area contributed by atoms with Crippen molar-refractivity contribution in [3.05, 3.63) is 58.5 Å². The van der Waals surface area contributed by atoms with E-state index < -0.39 is 5.97 Å². The maximum absolute atomic E-state index is 11.2. The molecule has 3 rings (SSSR count). The molecule has 0 spiro atoms. The molecule has 2 aromatic rings. The Labute approximate surface area is 117 Å². The Balaban J connectivity index is 1.81. The van der Waals surface area contributed by atoms with E-state index in [0.29, 0.717) is 5.56 Å². The number of aryl methyl sites for hydroxylation is 1. The second kappa shape index (κ2) is 5.13. The molecule has 2 heterocycles. The van der Waals surface area contributed by atoms with Crippen molar-refractivity contribution in [1.82, 2.24) is 4.90 Å². The minimum Gasteiger partial charge on any atom is -0.478 e. The van der Waals surface area contributed by atoms with Crippen LogP contribution in [-0.2, 0) is 19.5 Å². The Morgan fingerprint density at radius 3 is 2.95 bits per heavy atom. The van der Waals surface area contributed by atoms with Crippen LogP contribution < -0.4 is 0 Å². The van der Waals surface area contributed by atoms with Gasteiger partial charge in [-0.2, -0.15) is 0 Å². The molecule has 4 heteroatoms. The van der Waals surface area contributed by atoms with Gasteiger partial charge in [0.25, 0.3) is 0 Å². The highest BCUT2D eigenvalue weighted by molar-refractivity contribution is 5.89. The Hall–Kier alpha value is -2.07. The molecule has 0 fully saturated rings. The molecule has 0 saturated heterocycles. The zero-order valence-corrected chi connectivity index (χ0v) is 11.4. The monoisotopic (exact) mass is 271 g/mol. The van der Waals surface area contributed by atoms with E-state index in [0.717, 1.165) is 48.5 Å². The van der Waals surface area contributed by atoms with Gasteiger partial charge in [-0.05, 0) is 42.2 Å². The average molecular weight is 271 g/mol. The topological polar surface area (TPSA) is 53.7 Å². The van der Waals surface area contributed by atoms with E-state index in [9.17, 15) is 9.90 Å². The fourth-order valence-electron chi connectivity index (χ4n) is 2.77. The summed E-state index contributed by atoms with van der Waals surface area (Å²) < 4.78 is 5.48. The van der Waals surface area contributed by atoms with Crippen molar-refractivity contribution in [2.45, 2.75) is 26.4 Å². The van der Waals surface area contributed by atoms with Gasteiger partial charge in [0, 0.05) is 13.1 Å². The van der Waals surface area contributed by atoms with Gasteiger partial charge < -0.3 is 9.52 Å². The number of carbonyl (C=O) groups is 1. The molecule has 0 saturated carbocycles. The average Bonchev–Trinajstić information content (AvgIpc) is 2.83. The number of hydrogen-bond donors (Lipinski definition) is 1. The molecular weight excluding hydrogens is 254 g/mol. The number of furan rings is 1. The predicted molar refractivity (Wildman–Crippen MR) is 74.7 cm³/mol. The molecule has 1 N–H and O–H groups in total. The Kier molecular flexibility index (Phi) is 3.32. The minimum atomic E-state index is -0.836. The van der Waals surface area contributed by atoms with Crippen molar-refractivity contribution in [2.24, 2.45) is 0 Å². The number of carboxylic acid groups (broad SMARTS) is 1. The van der Waals surface area contributed by atoms with E-state index in [-0.39, 0.29) is 0 Å². The van der Waals surface area contributed by atoms with Crippen molar-refractivity contribution in [3.63, 3.8) is 0 Å². The van der Waals surface area contributed by atoms with E-state index in [4.69, 9.17) is 4.42 Å². The largest absolute Gasteiger partial charge is 0.478 e. The third-order valence-corrected chi connectivity index (χ3v) is 3.91. The van der Waals surface area contributed by atoms with Gasteiger partial charge in [-0.1, -0.05) is 12.1 Å². The van der Waals surface area contributed by atoms with Crippen molar-refractivity contribution in [1.29, 1.82) is 0 Å². The molecule has 0 radical (unpaired) electrons. The molecule has 0 unspecified atom stereocenters. The van der Waals surface area contributed by atoms with Gasteiger partial charge in [0.2, 0.25) is 0 Å². The number of aromatic carboxylic acids is 1. The van der Waals surface area contributed by atoms with Crippen LogP contribution in [0.2, 0.25) is 0 Å². The first kappa shape index (κ1) is 12.9. The summed E-state index contributed by atoms with van der Waals surface area (Å²) in [5.41, 5.74) is 3.69. The van der Waals surface area contributed by atoms with Gasteiger partial charge >= 0.3 is 5.97 Å². The van der Waals surface area contributed by atoms with Gasteiger partial charge in [0.15, 0.2) is 0 Å². The van der Waals surface area contributed by atoms with Crippen molar-refractivity contribution < 1.29 is 14.3 Å². The molecule has 1 aromatic carbocycles. The van der Waals surface area contributed by atoms with Crippen molar-refractivity contribution in [3.8, 4) is 0 Å². The molecule has 0 amide bonds. The lowest BCUT2D eigenvalue weighted by molar-refractivity contribution is 0.0694. The predicted octanol–water partition coefficient (Wildman–Crippen LogP) is 2.84. The molecule has 1 aliphatic heterocycles. The van der Waals surface area contributed by atoms with E-state index in [1.807, 2.05) is 25.1 Å². The first-order chi connectivity index (χ1) is 9.65. The van der Waals surface area contributed by atoms with Crippen LogP contribution in [0.5, 0.6) is 0 Å². The zero-order chi connectivity index (χ0) is 14.1. The van der Waals surface area contributed by atoms with Gasteiger partial charge in [0.05, 0.1) is 18.4 Å². The third-order valence-electron chi connectivity index (χ3n) is 3.91. The lowest BCUT2D eigenvalue weighted by Crippen LogP contribution is -2.31. The van der Waals surface area contributed by atoms with Gasteiger partial charge in [0.1, 0.15) is 5.76 Å². The van der Waals surface area contributed by atoms with Crippen LogP contribution in [-0.4, -0.2) is 22.5 Å².